The summed E-state index contributed by atoms with van der Waals surface area (Å²) < 4.78 is 18.5. The summed E-state index contributed by atoms with van der Waals surface area (Å²) in [5.74, 6) is -0.204. The highest BCUT2D eigenvalue weighted by Gasteiger charge is 2.42. The maximum atomic E-state index is 12.9. The molecule has 1 aromatic rings. The summed E-state index contributed by atoms with van der Waals surface area (Å²) in [4.78, 5) is 0. The van der Waals surface area contributed by atoms with E-state index >= 15 is 0 Å². The molecule has 1 aliphatic rings. The van der Waals surface area contributed by atoms with Gasteiger partial charge >= 0.3 is 0 Å². The van der Waals surface area contributed by atoms with E-state index in [0.29, 0.717) is 16.9 Å². The monoisotopic (exact) mass is 273 g/mol. The van der Waals surface area contributed by atoms with Crippen molar-refractivity contribution in [2.24, 2.45) is 0 Å². The molecule has 17 heavy (non-hydrogen) atoms. The minimum absolute atomic E-state index is 0.147. The first kappa shape index (κ1) is 13.1. The number of rotatable bonds is 1. The second-order valence-corrected chi connectivity index (χ2v) is 8.23. The Morgan fingerprint density at radius 3 is 2.82 bits per heavy atom. The summed E-state index contributed by atoms with van der Waals surface area (Å²) in [6.45, 7) is 6.39. The Labute approximate surface area is 107 Å². The van der Waals surface area contributed by atoms with E-state index in [-0.39, 0.29) is 11.3 Å². The largest absolute Gasteiger partial charge is 0.322 e. The highest BCUT2D eigenvalue weighted by atomic mass is 35.5. The first-order valence-electron chi connectivity index (χ1n) is 5.62. The summed E-state index contributed by atoms with van der Waals surface area (Å²) >= 11 is 5.93. The predicted molar refractivity (Wildman–Crippen MR) is 71.3 cm³/mol. The van der Waals surface area contributed by atoms with Crippen LogP contribution in [0, 0.1) is 0 Å². The molecule has 1 fully saturated rings. The molecule has 0 bridgehead atoms. The van der Waals surface area contributed by atoms with E-state index in [9.17, 15) is 4.57 Å². The van der Waals surface area contributed by atoms with Gasteiger partial charge in [-0.25, -0.2) is 0 Å². The van der Waals surface area contributed by atoms with E-state index in [1.807, 2.05) is 26.8 Å². The summed E-state index contributed by atoms with van der Waals surface area (Å²) in [5, 5.41) is 4.60. The highest BCUT2D eigenvalue weighted by Crippen LogP contribution is 2.53. The van der Waals surface area contributed by atoms with Crippen LogP contribution in [0.15, 0.2) is 24.3 Å². The maximum absolute atomic E-state index is 12.9. The van der Waals surface area contributed by atoms with Crippen molar-refractivity contribution < 1.29 is 9.09 Å². The number of nitrogens with one attached hydrogen (secondary N) is 1. The van der Waals surface area contributed by atoms with Crippen LogP contribution in [0.25, 0.3) is 0 Å². The van der Waals surface area contributed by atoms with Crippen LogP contribution in [0.1, 0.15) is 20.8 Å². The van der Waals surface area contributed by atoms with Crippen molar-refractivity contribution in [3.05, 3.63) is 29.3 Å². The predicted octanol–water partition coefficient (Wildman–Crippen LogP) is 2.99. The fraction of sp³-hybridized carbons (Fsp3) is 0.500. The third kappa shape index (κ3) is 2.58. The summed E-state index contributed by atoms with van der Waals surface area (Å²) in [7, 11) is -2.86. The van der Waals surface area contributed by atoms with Gasteiger partial charge in [0.15, 0.2) is 0 Å². The van der Waals surface area contributed by atoms with E-state index in [2.05, 4.69) is 5.32 Å². The van der Waals surface area contributed by atoms with Gasteiger partial charge in [-0.1, -0.05) is 17.7 Å². The van der Waals surface area contributed by atoms with Crippen LogP contribution in [0.5, 0.6) is 0 Å². The third-order valence-corrected chi connectivity index (χ3v) is 5.79. The van der Waals surface area contributed by atoms with Gasteiger partial charge in [-0.2, -0.15) is 0 Å². The van der Waals surface area contributed by atoms with Crippen molar-refractivity contribution in [3.8, 4) is 0 Å². The Hall–Kier alpha value is -0.340. The first-order chi connectivity index (χ1) is 7.83. The molecule has 0 saturated carbocycles. The van der Waals surface area contributed by atoms with Crippen LogP contribution in [0.4, 0.5) is 0 Å². The van der Waals surface area contributed by atoms with Gasteiger partial charge in [-0.3, -0.25) is 9.88 Å². The van der Waals surface area contributed by atoms with Crippen LogP contribution in [0.2, 0.25) is 5.02 Å². The number of hydrogen-bond acceptors (Lipinski definition) is 3. The summed E-state index contributed by atoms with van der Waals surface area (Å²) in [6.07, 6.45) is 0. The minimum Gasteiger partial charge on any atom is -0.322 e. The smallest absolute Gasteiger partial charge is 0.248 e. The fourth-order valence-electron chi connectivity index (χ4n) is 2.03. The molecule has 0 spiro atoms. The molecule has 0 aromatic heterocycles. The molecule has 0 unspecified atom stereocenters. The number of hydrogen-bond donors (Lipinski definition) is 1. The van der Waals surface area contributed by atoms with Gasteiger partial charge in [0.2, 0.25) is 7.37 Å². The van der Waals surface area contributed by atoms with Crippen molar-refractivity contribution in [1.29, 1.82) is 0 Å². The molecule has 2 rings (SSSR count). The lowest BCUT2D eigenvalue weighted by molar-refractivity contribution is 0.174. The molecule has 0 amide bonds. The Balaban J connectivity index is 2.35. The molecular weight excluding hydrogens is 257 g/mol. The van der Waals surface area contributed by atoms with Crippen molar-refractivity contribution in [3.63, 3.8) is 0 Å². The molecule has 0 radical (unpaired) electrons. The van der Waals surface area contributed by atoms with E-state index in [1.165, 1.54) is 0 Å². The minimum atomic E-state index is -2.86. The second-order valence-electron chi connectivity index (χ2n) is 5.05. The van der Waals surface area contributed by atoms with Gasteiger partial charge in [0, 0.05) is 15.9 Å². The zero-order valence-corrected chi connectivity index (χ0v) is 11.9. The number of benzene rings is 1. The van der Waals surface area contributed by atoms with Crippen LogP contribution in [-0.4, -0.2) is 17.9 Å². The zero-order valence-electron chi connectivity index (χ0n) is 10.2. The van der Waals surface area contributed by atoms with Crippen molar-refractivity contribution in [1.82, 2.24) is 5.32 Å². The van der Waals surface area contributed by atoms with Gasteiger partial charge in [0.25, 0.3) is 0 Å². The molecular formula is C12H17ClNO2P. The molecule has 1 aliphatic heterocycles. The molecule has 1 saturated heterocycles. The molecule has 2 atom stereocenters. The fourth-order valence-corrected chi connectivity index (χ4v) is 4.76. The molecule has 1 aromatic carbocycles. The van der Waals surface area contributed by atoms with Gasteiger partial charge in [0.1, 0.15) is 0 Å². The average Bonchev–Trinajstić information content (AvgIpc) is 2.24. The Morgan fingerprint density at radius 1 is 1.53 bits per heavy atom. The normalized spacial score (nSPS) is 32.4. The Bertz CT molecular complexity index is 475. The molecule has 1 heterocycles. The number of halogens is 1. The van der Waals surface area contributed by atoms with Gasteiger partial charge in [-0.05, 0) is 39.0 Å². The third-order valence-electron chi connectivity index (χ3n) is 2.89. The van der Waals surface area contributed by atoms with Gasteiger partial charge < -0.3 is 4.52 Å². The van der Waals surface area contributed by atoms with Crippen molar-refractivity contribution in [2.45, 2.75) is 32.1 Å². The summed E-state index contributed by atoms with van der Waals surface area (Å²) in [5.41, 5.74) is -0.147. The lowest BCUT2D eigenvalue weighted by atomic mass is 10.1. The van der Waals surface area contributed by atoms with E-state index < -0.39 is 7.37 Å². The Kier molecular flexibility index (Phi) is 3.39. The summed E-state index contributed by atoms with van der Waals surface area (Å²) in [6, 6.07) is 7.10. The molecule has 5 heteroatoms. The van der Waals surface area contributed by atoms with Gasteiger partial charge in [-0.15, -0.1) is 0 Å². The maximum Gasteiger partial charge on any atom is 0.248 e. The van der Waals surface area contributed by atoms with Crippen molar-refractivity contribution >= 4 is 24.3 Å². The lowest BCUT2D eigenvalue weighted by Crippen LogP contribution is -2.53. The first-order valence-corrected chi connectivity index (χ1v) is 7.69. The van der Waals surface area contributed by atoms with Crippen molar-refractivity contribution in [2.75, 3.05) is 6.61 Å². The van der Waals surface area contributed by atoms with E-state index in [4.69, 9.17) is 16.1 Å². The standard InChI is InChI=1S/C12H17ClNO2P/c1-9-14-12(2,3)8-16-17(9,15)11-6-4-5-10(13)7-11/h4-7,9,14H,8H2,1-3H3/t9-,17+/m0/s1. The van der Waals surface area contributed by atoms with Crippen LogP contribution < -0.4 is 10.6 Å². The molecule has 3 nitrogen and oxygen atoms in total. The van der Waals surface area contributed by atoms with E-state index in [0.717, 1.165) is 0 Å². The molecule has 94 valence electrons. The molecule has 0 aliphatic carbocycles. The van der Waals surface area contributed by atoms with Crippen LogP contribution in [0.3, 0.4) is 0 Å². The van der Waals surface area contributed by atoms with Gasteiger partial charge in [0.05, 0.1) is 12.4 Å². The van der Waals surface area contributed by atoms with Crippen LogP contribution in [-0.2, 0) is 9.09 Å². The SMILES string of the molecule is C[C@H]1NC(C)(C)CO[P@@]1(=O)c1cccc(Cl)c1. The van der Waals surface area contributed by atoms with Crippen LogP contribution >= 0.6 is 19.0 Å². The zero-order chi connectivity index (χ0) is 12.7. The second kappa shape index (κ2) is 4.40. The van der Waals surface area contributed by atoms with E-state index in [1.54, 1.807) is 18.2 Å². The quantitative estimate of drug-likeness (QED) is 0.800. The Morgan fingerprint density at radius 2 is 2.24 bits per heavy atom. The average molecular weight is 274 g/mol. The topological polar surface area (TPSA) is 38.3 Å². The lowest BCUT2D eigenvalue weighted by Gasteiger charge is -2.40. The molecule has 1 N–H and O–H groups in total. The highest BCUT2D eigenvalue weighted by molar-refractivity contribution is 7.67.